The summed E-state index contributed by atoms with van der Waals surface area (Å²) in [7, 11) is 3.16. The van der Waals surface area contributed by atoms with E-state index in [4.69, 9.17) is 9.47 Å². The van der Waals surface area contributed by atoms with E-state index < -0.39 is 0 Å². The van der Waals surface area contributed by atoms with Gasteiger partial charge in [0.25, 0.3) is 5.91 Å². The maximum Gasteiger partial charge on any atom is 0.253 e. The van der Waals surface area contributed by atoms with Crippen molar-refractivity contribution >= 4 is 11.8 Å². The van der Waals surface area contributed by atoms with Gasteiger partial charge >= 0.3 is 0 Å². The van der Waals surface area contributed by atoms with Crippen molar-refractivity contribution in [1.29, 1.82) is 0 Å². The topological polar surface area (TPSA) is 67.9 Å². The smallest absolute Gasteiger partial charge is 0.253 e. The zero-order valence-electron chi connectivity index (χ0n) is 18.2. The summed E-state index contributed by atoms with van der Waals surface area (Å²) in [5.41, 5.74) is 3.90. The Balaban J connectivity index is 1.51. The standard InChI is InChI=1S/C24H30N2O4/c1-16-5-7-19(13-17(16)2)24(28)26-11-9-20(10-12-26)25-23(27)15-18-6-8-21(29-3)22(14-18)30-4/h5-8,13-14,20H,9-12,15H2,1-4H3,(H,25,27). The van der Waals surface area contributed by atoms with Crippen molar-refractivity contribution in [2.45, 2.75) is 39.2 Å². The molecule has 1 saturated heterocycles. The first kappa shape index (κ1) is 21.7. The van der Waals surface area contributed by atoms with Crippen LogP contribution in [0.5, 0.6) is 11.5 Å². The third-order valence-corrected chi connectivity index (χ3v) is 5.71. The molecule has 0 atom stereocenters. The van der Waals surface area contributed by atoms with Crippen molar-refractivity contribution in [3.63, 3.8) is 0 Å². The lowest BCUT2D eigenvalue weighted by Crippen LogP contribution is -2.46. The van der Waals surface area contributed by atoms with Crippen molar-refractivity contribution < 1.29 is 19.1 Å². The first-order valence-electron chi connectivity index (χ1n) is 10.3. The van der Waals surface area contributed by atoms with Gasteiger partial charge in [-0.3, -0.25) is 9.59 Å². The van der Waals surface area contributed by atoms with Gasteiger partial charge in [-0.15, -0.1) is 0 Å². The van der Waals surface area contributed by atoms with Gasteiger partial charge in [0.05, 0.1) is 20.6 Å². The lowest BCUT2D eigenvalue weighted by molar-refractivity contribution is -0.121. The van der Waals surface area contributed by atoms with E-state index in [1.807, 2.05) is 49.1 Å². The molecule has 6 heteroatoms. The fraction of sp³-hybridized carbons (Fsp3) is 0.417. The molecule has 0 aromatic heterocycles. The average Bonchev–Trinajstić information content (AvgIpc) is 2.75. The third-order valence-electron chi connectivity index (χ3n) is 5.71. The number of piperidine rings is 1. The fourth-order valence-corrected chi connectivity index (χ4v) is 3.74. The highest BCUT2D eigenvalue weighted by molar-refractivity contribution is 5.94. The van der Waals surface area contributed by atoms with Crippen LogP contribution in [-0.4, -0.2) is 50.1 Å². The van der Waals surface area contributed by atoms with Gasteiger partial charge in [-0.1, -0.05) is 12.1 Å². The number of carbonyl (C=O) groups is 2. The minimum Gasteiger partial charge on any atom is -0.493 e. The minimum absolute atomic E-state index is 0.0267. The summed E-state index contributed by atoms with van der Waals surface area (Å²) in [5, 5.41) is 3.10. The van der Waals surface area contributed by atoms with Gasteiger partial charge in [0.2, 0.25) is 5.91 Å². The van der Waals surface area contributed by atoms with E-state index in [9.17, 15) is 9.59 Å². The number of rotatable bonds is 6. The second-order valence-corrected chi connectivity index (χ2v) is 7.80. The van der Waals surface area contributed by atoms with Crippen LogP contribution in [0, 0.1) is 13.8 Å². The van der Waals surface area contributed by atoms with Crippen LogP contribution in [0.15, 0.2) is 36.4 Å². The van der Waals surface area contributed by atoms with Gasteiger partial charge in [-0.25, -0.2) is 0 Å². The lowest BCUT2D eigenvalue weighted by Gasteiger charge is -2.32. The van der Waals surface area contributed by atoms with Gasteiger partial charge in [0, 0.05) is 24.7 Å². The fourth-order valence-electron chi connectivity index (χ4n) is 3.74. The highest BCUT2D eigenvalue weighted by atomic mass is 16.5. The summed E-state index contributed by atoms with van der Waals surface area (Å²) >= 11 is 0. The van der Waals surface area contributed by atoms with E-state index in [2.05, 4.69) is 5.32 Å². The molecule has 1 aliphatic rings. The van der Waals surface area contributed by atoms with E-state index in [1.54, 1.807) is 20.3 Å². The monoisotopic (exact) mass is 410 g/mol. The van der Waals surface area contributed by atoms with Crippen LogP contribution in [0.2, 0.25) is 0 Å². The van der Waals surface area contributed by atoms with Crippen LogP contribution in [-0.2, 0) is 11.2 Å². The molecule has 2 aromatic rings. The van der Waals surface area contributed by atoms with Gasteiger partial charge in [0.1, 0.15) is 0 Å². The van der Waals surface area contributed by atoms with E-state index in [1.165, 1.54) is 5.56 Å². The quantitative estimate of drug-likeness (QED) is 0.794. The van der Waals surface area contributed by atoms with Crippen molar-refractivity contribution in [3.05, 3.63) is 58.7 Å². The number of ether oxygens (including phenoxy) is 2. The average molecular weight is 411 g/mol. The summed E-state index contributed by atoms with van der Waals surface area (Å²) in [6.45, 7) is 5.35. The number of aryl methyl sites for hydroxylation is 2. The molecule has 0 unspecified atom stereocenters. The zero-order chi connectivity index (χ0) is 21.7. The Hall–Kier alpha value is -3.02. The van der Waals surface area contributed by atoms with Crippen LogP contribution >= 0.6 is 0 Å². The van der Waals surface area contributed by atoms with Crippen molar-refractivity contribution in [2.24, 2.45) is 0 Å². The summed E-state index contributed by atoms with van der Waals surface area (Å²) in [5.74, 6) is 1.29. The molecule has 2 aromatic carbocycles. The van der Waals surface area contributed by atoms with Gasteiger partial charge in [0.15, 0.2) is 11.5 Å². The molecule has 0 spiro atoms. The number of carbonyl (C=O) groups excluding carboxylic acids is 2. The number of methoxy groups -OCH3 is 2. The molecule has 2 amide bonds. The predicted molar refractivity (Wildman–Crippen MR) is 116 cm³/mol. The molecule has 30 heavy (non-hydrogen) atoms. The second kappa shape index (κ2) is 9.65. The van der Waals surface area contributed by atoms with E-state index in [0.717, 1.165) is 29.5 Å². The highest BCUT2D eigenvalue weighted by Gasteiger charge is 2.25. The molecule has 0 saturated carbocycles. The normalized spacial score (nSPS) is 14.3. The number of amides is 2. The first-order chi connectivity index (χ1) is 14.4. The molecular formula is C24H30N2O4. The molecule has 0 radical (unpaired) electrons. The van der Waals surface area contributed by atoms with Crippen molar-refractivity contribution in [1.82, 2.24) is 10.2 Å². The minimum atomic E-state index is -0.0267. The van der Waals surface area contributed by atoms with Crippen molar-refractivity contribution in [2.75, 3.05) is 27.3 Å². The Morgan fingerprint density at radius 2 is 1.67 bits per heavy atom. The highest BCUT2D eigenvalue weighted by Crippen LogP contribution is 2.27. The predicted octanol–water partition coefficient (Wildman–Crippen LogP) is 3.28. The Morgan fingerprint density at radius 1 is 0.967 bits per heavy atom. The molecular weight excluding hydrogens is 380 g/mol. The van der Waals surface area contributed by atoms with Crippen LogP contribution in [0.3, 0.4) is 0 Å². The Labute approximate surface area is 178 Å². The molecule has 160 valence electrons. The van der Waals surface area contributed by atoms with E-state index >= 15 is 0 Å². The number of nitrogens with zero attached hydrogens (tertiary/aromatic N) is 1. The molecule has 1 aliphatic heterocycles. The number of nitrogens with one attached hydrogen (secondary N) is 1. The maximum absolute atomic E-state index is 12.8. The summed E-state index contributed by atoms with van der Waals surface area (Å²) < 4.78 is 10.5. The molecule has 0 bridgehead atoms. The third kappa shape index (κ3) is 5.12. The Morgan fingerprint density at radius 3 is 2.30 bits per heavy atom. The summed E-state index contributed by atoms with van der Waals surface area (Å²) in [4.78, 5) is 27.1. The van der Waals surface area contributed by atoms with Gasteiger partial charge < -0.3 is 19.7 Å². The molecule has 0 aliphatic carbocycles. The van der Waals surface area contributed by atoms with E-state index in [0.29, 0.717) is 24.6 Å². The number of benzene rings is 2. The van der Waals surface area contributed by atoms with Crippen LogP contribution in [0.25, 0.3) is 0 Å². The number of likely N-dealkylation sites (tertiary alicyclic amines) is 1. The molecule has 6 nitrogen and oxygen atoms in total. The van der Waals surface area contributed by atoms with Gasteiger partial charge in [-0.2, -0.15) is 0 Å². The molecule has 1 fully saturated rings. The van der Waals surface area contributed by atoms with E-state index in [-0.39, 0.29) is 24.3 Å². The molecule has 3 rings (SSSR count). The second-order valence-electron chi connectivity index (χ2n) is 7.80. The van der Waals surface area contributed by atoms with Crippen LogP contribution < -0.4 is 14.8 Å². The largest absolute Gasteiger partial charge is 0.493 e. The molecule has 1 heterocycles. The summed E-state index contributed by atoms with van der Waals surface area (Å²) in [6, 6.07) is 11.4. The van der Waals surface area contributed by atoms with Crippen molar-refractivity contribution in [3.8, 4) is 11.5 Å². The zero-order valence-corrected chi connectivity index (χ0v) is 18.2. The Bertz CT molecular complexity index is 917. The Kier molecular flexibility index (Phi) is 6.98. The van der Waals surface area contributed by atoms with Gasteiger partial charge in [-0.05, 0) is 67.6 Å². The number of hydrogen-bond acceptors (Lipinski definition) is 4. The van der Waals surface area contributed by atoms with Crippen LogP contribution in [0.1, 0.15) is 39.9 Å². The van der Waals surface area contributed by atoms with Crippen LogP contribution in [0.4, 0.5) is 0 Å². The number of hydrogen-bond donors (Lipinski definition) is 1. The summed E-state index contributed by atoms with van der Waals surface area (Å²) in [6.07, 6.45) is 1.80. The maximum atomic E-state index is 12.8. The first-order valence-corrected chi connectivity index (χ1v) is 10.3. The SMILES string of the molecule is COc1ccc(CC(=O)NC2CCN(C(=O)c3ccc(C)c(C)c3)CC2)cc1OC. The molecule has 1 N–H and O–H groups in total. The lowest BCUT2D eigenvalue weighted by atomic mass is 10.0.